The summed E-state index contributed by atoms with van der Waals surface area (Å²) in [7, 11) is -3.85. The number of rotatable bonds is 7. The summed E-state index contributed by atoms with van der Waals surface area (Å²) in [5.74, 6) is 0.129. The van der Waals surface area contributed by atoms with E-state index in [4.69, 9.17) is 4.74 Å². The van der Waals surface area contributed by atoms with E-state index in [2.05, 4.69) is 25.6 Å². The van der Waals surface area contributed by atoms with Crippen LogP contribution in [-0.2, 0) is 10.0 Å². The monoisotopic (exact) mass is 473 g/mol. The highest BCUT2D eigenvalue weighted by Gasteiger charge is 2.16. The van der Waals surface area contributed by atoms with Gasteiger partial charge in [0.25, 0.3) is 10.0 Å². The highest BCUT2D eigenvalue weighted by Crippen LogP contribution is 2.23. The molecular weight excluding hydrogens is 456 g/mol. The summed E-state index contributed by atoms with van der Waals surface area (Å²) in [4.78, 5) is 4.16. The Labute approximate surface area is 178 Å². The van der Waals surface area contributed by atoms with E-state index in [0.717, 1.165) is 4.47 Å². The van der Waals surface area contributed by atoms with Crippen molar-refractivity contribution in [3.05, 3.63) is 82.8 Å². The van der Waals surface area contributed by atoms with E-state index >= 15 is 0 Å². The minimum Gasteiger partial charge on any atom is -0.858 e. The van der Waals surface area contributed by atoms with Crippen LogP contribution in [0.1, 0.15) is 12.5 Å². The fourth-order valence-electron chi connectivity index (χ4n) is 2.54. The third-order valence-electron chi connectivity index (χ3n) is 3.90. The third-order valence-corrected chi connectivity index (χ3v) is 5.81. The van der Waals surface area contributed by atoms with Crippen molar-refractivity contribution in [1.29, 1.82) is 0 Å². The Hall–Kier alpha value is -2.84. The Morgan fingerprint density at radius 2 is 1.69 bits per heavy atom. The highest BCUT2D eigenvalue weighted by molar-refractivity contribution is 9.10. The van der Waals surface area contributed by atoms with Crippen LogP contribution >= 0.6 is 15.9 Å². The fourth-order valence-corrected chi connectivity index (χ4v) is 3.88. The molecule has 0 saturated heterocycles. The molecule has 0 aliphatic carbocycles. The maximum Gasteiger partial charge on any atom is 0.261 e. The van der Waals surface area contributed by atoms with Crippen LogP contribution in [0, 0.1) is 0 Å². The van der Waals surface area contributed by atoms with Crippen LogP contribution in [0.4, 0.5) is 11.4 Å². The molecule has 0 radical (unpaired) electrons. The van der Waals surface area contributed by atoms with Gasteiger partial charge in [0.1, 0.15) is 5.75 Å². The van der Waals surface area contributed by atoms with Gasteiger partial charge in [-0.15, -0.1) is 0 Å². The standard InChI is InChI=1S/C21H19BrN2O4S/c1-2-28-17-11-9-16(10-12-17)23-21(25)19-5-3-4-6-20(19)24-29(26,27)18-13-7-15(22)8-14-18/h3-14,24H,2H2,1H3,(H,23,25)/p-1. The number of aliphatic imine (C=N–C) groups is 1. The summed E-state index contributed by atoms with van der Waals surface area (Å²) in [5, 5.41) is 12.7. The van der Waals surface area contributed by atoms with Crippen LogP contribution < -0.4 is 14.6 Å². The molecule has 0 unspecified atom stereocenters. The number of para-hydroxylation sites is 1. The second-order valence-corrected chi connectivity index (χ2v) is 8.55. The normalized spacial score (nSPS) is 11.9. The first kappa shape index (κ1) is 20.9. The lowest BCUT2D eigenvalue weighted by molar-refractivity contribution is -0.212. The molecule has 3 aromatic rings. The van der Waals surface area contributed by atoms with Crippen molar-refractivity contribution in [3.63, 3.8) is 0 Å². The van der Waals surface area contributed by atoms with Crippen molar-refractivity contribution < 1.29 is 18.3 Å². The largest absolute Gasteiger partial charge is 0.858 e. The second kappa shape index (κ2) is 9.11. The summed E-state index contributed by atoms with van der Waals surface area (Å²) in [5.41, 5.74) is 0.765. The van der Waals surface area contributed by atoms with Crippen LogP contribution in [0.2, 0.25) is 0 Å². The van der Waals surface area contributed by atoms with Gasteiger partial charge in [0, 0.05) is 10.0 Å². The average Bonchev–Trinajstić information content (AvgIpc) is 2.70. The highest BCUT2D eigenvalue weighted by atomic mass is 79.9. The summed E-state index contributed by atoms with van der Waals surface area (Å²) >= 11 is 3.27. The Bertz CT molecular complexity index is 1110. The topological polar surface area (TPSA) is 90.8 Å². The number of ether oxygens (including phenoxy) is 1. The number of benzene rings is 3. The van der Waals surface area contributed by atoms with Crippen LogP contribution in [0.5, 0.6) is 5.75 Å². The number of sulfonamides is 1. The van der Waals surface area contributed by atoms with Gasteiger partial charge in [-0.25, -0.2) is 8.42 Å². The van der Waals surface area contributed by atoms with Crippen molar-refractivity contribution in [2.75, 3.05) is 11.3 Å². The molecule has 29 heavy (non-hydrogen) atoms. The fraction of sp³-hybridized carbons (Fsp3) is 0.0952. The van der Waals surface area contributed by atoms with Crippen LogP contribution in [0.25, 0.3) is 0 Å². The predicted octanol–water partition coefficient (Wildman–Crippen LogP) is 4.09. The first-order valence-corrected chi connectivity index (χ1v) is 11.0. The van der Waals surface area contributed by atoms with E-state index in [1.54, 1.807) is 48.5 Å². The molecule has 0 saturated carbocycles. The summed E-state index contributed by atoms with van der Waals surface area (Å²) in [6.07, 6.45) is 0. The Balaban J connectivity index is 1.89. The van der Waals surface area contributed by atoms with E-state index < -0.39 is 15.9 Å². The number of anilines is 1. The molecule has 150 valence electrons. The van der Waals surface area contributed by atoms with E-state index in [0.29, 0.717) is 18.0 Å². The zero-order valence-corrected chi connectivity index (χ0v) is 17.9. The number of nitrogens with zero attached hydrogens (tertiary/aromatic N) is 1. The molecule has 3 aromatic carbocycles. The molecule has 0 aliphatic rings. The first-order valence-electron chi connectivity index (χ1n) is 8.75. The summed E-state index contributed by atoms with van der Waals surface area (Å²) in [6, 6.07) is 19.3. The maximum absolute atomic E-state index is 12.7. The lowest BCUT2D eigenvalue weighted by Crippen LogP contribution is -2.22. The molecule has 0 bridgehead atoms. The molecule has 0 aromatic heterocycles. The van der Waals surface area contributed by atoms with Crippen molar-refractivity contribution >= 4 is 43.2 Å². The van der Waals surface area contributed by atoms with Gasteiger partial charge in [0.15, 0.2) is 0 Å². The van der Waals surface area contributed by atoms with Gasteiger partial charge in [-0.2, -0.15) is 0 Å². The van der Waals surface area contributed by atoms with Gasteiger partial charge in [-0.3, -0.25) is 9.71 Å². The quantitative estimate of drug-likeness (QED) is 0.413. The number of hydrogen-bond donors (Lipinski definition) is 1. The molecule has 1 N–H and O–H groups in total. The van der Waals surface area contributed by atoms with Crippen LogP contribution in [0.3, 0.4) is 0 Å². The van der Waals surface area contributed by atoms with Gasteiger partial charge in [-0.05, 0) is 67.4 Å². The Kier molecular flexibility index (Phi) is 6.56. The minimum atomic E-state index is -3.85. The SMILES string of the molecule is CCOc1ccc(N=C([O-])c2ccccc2NS(=O)(=O)c2ccc(Br)cc2)cc1. The van der Waals surface area contributed by atoms with Crippen LogP contribution in [0.15, 0.2) is 87.2 Å². The Morgan fingerprint density at radius 3 is 2.34 bits per heavy atom. The van der Waals surface area contributed by atoms with Crippen molar-refractivity contribution in [2.24, 2.45) is 4.99 Å². The van der Waals surface area contributed by atoms with E-state index in [9.17, 15) is 13.5 Å². The van der Waals surface area contributed by atoms with E-state index in [1.165, 1.54) is 24.3 Å². The van der Waals surface area contributed by atoms with E-state index in [1.807, 2.05) is 6.92 Å². The number of halogens is 1. The molecule has 3 rings (SSSR count). The zero-order chi connectivity index (χ0) is 20.9. The summed E-state index contributed by atoms with van der Waals surface area (Å²) in [6.45, 7) is 2.43. The van der Waals surface area contributed by atoms with Crippen molar-refractivity contribution in [1.82, 2.24) is 0 Å². The third kappa shape index (κ3) is 5.36. The van der Waals surface area contributed by atoms with Gasteiger partial charge in [0.05, 0.1) is 22.9 Å². The smallest absolute Gasteiger partial charge is 0.261 e. The average molecular weight is 474 g/mol. The lowest BCUT2D eigenvalue weighted by atomic mass is 10.2. The molecule has 0 spiro atoms. The van der Waals surface area contributed by atoms with Gasteiger partial charge < -0.3 is 9.84 Å². The van der Waals surface area contributed by atoms with Crippen LogP contribution in [-0.4, -0.2) is 20.9 Å². The number of nitrogens with one attached hydrogen (secondary N) is 1. The minimum absolute atomic E-state index is 0.0893. The molecule has 0 amide bonds. The predicted molar refractivity (Wildman–Crippen MR) is 115 cm³/mol. The second-order valence-electron chi connectivity index (χ2n) is 5.95. The van der Waals surface area contributed by atoms with Crippen molar-refractivity contribution in [2.45, 2.75) is 11.8 Å². The van der Waals surface area contributed by atoms with E-state index in [-0.39, 0.29) is 16.1 Å². The lowest BCUT2D eigenvalue weighted by Gasteiger charge is -2.17. The molecule has 0 fully saturated rings. The molecule has 8 heteroatoms. The maximum atomic E-state index is 12.7. The van der Waals surface area contributed by atoms with Gasteiger partial charge >= 0.3 is 0 Å². The molecule has 0 aliphatic heterocycles. The van der Waals surface area contributed by atoms with Gasteiger partial charge in [0.2, 0.25) is 0 Å². The molecule has 0 atom stereocenters. The van der Waals surface area contributed by atoms with Crippen molar-refractivity contribution in [3.8, 4) is 5.75 Å². The first-order chi connectivity index (χ1) is 13.9. The molecule has 0 heterocycles. The molecule has 6 nitrogen and oxygen atoms in total. The molecular formula is C21H18BrN2O4S-. The Morgan fingerprint density at radius 1 is 1.03 bits per heavy atom. The summed E-state index contributed by atoms with van der Waals surface area (Å²) < 4.78 is 33.9. The number of hydrogen-bond acceptors (Lipinski definition) is 5. The zero-order valence-electron chi connectivity index (χ0n) is 15.5. The van der Waals surface area contributed by atoms with Gasteiger partial charge in [-0.1, -0.05) is 34.1 Å².